The van der Waals surface area contributed by atoms with Crippen LogP contribution in [0.4, 0.5) is 11.4 Å². The van der Waals surface area contributed by atoms with Gasteiger partial charge >= 0.3 is 0 Å². The third-order valence-electron chi connectivity index (χ3n) is 5.19. The third-order valence-corrected chi connectivity index (χ3v) is 5.19. The van der Waals surface area contributed by atoms with E-state index in [-0.39, 0.29) is 12.0 Å². The molecule has 0 spiro atoms. The molecule has 3 aromatic rings. The lowest BCUT2D eigenvalue weighted by molar-refractivity contribution is 0.102. The van der Waals surface area contributed by atoms with Crippen molar-refractivity contribution in [2.75, 3.05) is 30.4 Å². The van der Waals surface area contributed by atoms with Crippen molar-refractivity contribution < 1.29 is 14.3 Å². The predicted molar refractivity (Wildman–Crippen MR) is 131 cm³/mol. The summed E-state index contributed by atoms with van der Waals surface area (Å²) in [4.78, 5) is 14.7. The number of nitrogens with one attached hydrogen (secondary N) is 1. The van der Waals surface area contributed by atoms with Gasteiger partial charge in [0.05, 0.1) is 12.2 Å². The first-order valence-electron chi connectivity index (χ1n) is 11.2. The Morgan fingerprint density at radius 3 is 2.56 bits per heavy atom. The second-order valence-electron chi connectivity index (χ2n) is 7.43. The summed E-state index contributed by atoms with van der Waals surface area (Å²) in [6, 6.07) is 23.1. The molecule has 3 aromatic carbocycles. The molecule has 0 saturated carbocycles. The number of hydrogen-bond acceptors (Lipinski definition) is 4. The van der Waals surface area contributed by atoms with Crippen LogP contribution in [0.1, 0.15) is 36.7 Å². The Kier molecular flexibility index (Phi) is 8.14. The molecule has 5 heteroatoms. The van der Waals surface area contributed by atoms with Gasteiger partial charge in [-0.1, -0.05) is 45.0 Å². The zero-order valence-corrected chi connectivity index (χ0v) is 19.3. The summed E-state index contributed by atoms with van der Waals surface area (Å²) in [6.45, 7) is 7.29. The van der Waals surface area contributed by atoms with E-state index in [1.165, 1.54) is 5.56 Å². The summed E-state index contributed by atoms with van der Waals surface area (Å²) < 4.78 is 11.9. The molecule has 1 N–H and O–H groups in total. The Hall–Kier alpha value is -3.47. The number of carbonyl (C=O) groups excluding carboxylic acids is 1. The summed E-state index contributed by atoms with van der Waals surface area (Å²) in [5.74, 6) is 1.45. The Balaban J connectivity index is 0.00000141. The molecule has 0 saturated heterocycles. The first-order valence-corrected chi connectivity index (χ1v) is 11.2. The lowest BCUT2D eigenvalue weighted by Gasteiger charge is -2.33. The number of ether oxygens (including phenoxy) is 2. The number of benzene rings is 3. The fourth-order valence-electron chi connectivity index (χ4n) is 3.54. The summed E-state index contributed by atoms with van der Waals surface area (Å²) in [5.41, 5.74) is 3.67. The molecule has 1 heterocycles. The van der Waals surface area contributed by atoms with E-state index in [1.54, 1.807) is 12.1 Å². The maximum atomic E-state index is 12.5. The fourth-order valence-corrected chi connectivity index (χ4v) is 3.54. The Morgan fingerprint density at radius 1 is 1.06 bits per heavy atom. The van der Waals surface area contributed by atoms with E-state index in [9.17, 15) is 4.79 Å². The second kappa shape index (κ2) is 11.2. The minimum absolute atomic E-state index is 0.0567. The van der Waals surface area contributed by atoms with Crippen molar-refractivity contribution in [3.8, 4) is 11.5 Å². The maximum Gasteiger partial charge on any atom is 0.255 e. The lowest BCUT2D eigenvalue weighted by Crippen LogP contribution is -2.41. The van der Waals surface area contributed by atoms with Crippen LogP contribution in [0.15, 0.2) is 72.8 Å². The minimum atomic E-state index is -0.136. The molecule has 1 aliphatic heterocycles. The number of aryl methyl sites for hydroxylation is 1. The summed E-state index contributed by atoms with van der Waals surface area (Å²) in [5, 5.41) is 2.95. The van der Waals surface area contributed by atoms with Crippen LogP contribution < -0.4 is 19.7 Å². The molecule has 0 aromatic heterocycles. The van der Waals surface area contributed by atoms with Gasteiger partial charge in [0.1, 0.15) is 24.2 Å². The number of fused-ring (bicyclic) bond motifs is 1. The molecule has 1 atom stereocenters. The SMILES string of the molecule is CC.CCc1cccc(NC(=O)c2ccc(OCC3CN(C)c4ccccc4O3)cc2)c1. The number of para-hydroxylation sites is 2. The van der Waals surface area contributed by atoms with E-state index in [0.717, 1.165) is 30.1 Å². The van der Waals surface area contributed by atoms with Crippen LogP contribution in [0.2, 0.25) is 0 Å². The number of amides is 1. The minimum Gasteiger partial charge on any atom is -0.490 e. The highest BCUT2D eigenvalue weighted by molar-refractivity contribution is 6.04. The molecule has 4 rings (SSSR count). The lowest BCUT2D eigenvalue weighted by atomic mass is 10.1. The van der Waals surface area contributed by atoms with Gasteiger partial charge in [0.15, 0.2) is 0 Å². The Labute approximate surface area is 191 Å². The van der Waals surface area contributed by atoms with Gasteiger partial charge in [-0.25, -0.2) is 0 Å². The van der Waals surface area contributed by atoms with Gasteiger partial charge < -0.3 is 19.7 Å². The van der Waals surface area contributed by atoms with Crippen molar-refractivity contribution in [3.63, 3.8) is 0 Å². The Morgan fingerprint density at radius 2 is 1.81 bits per heavy atom. The number of anilines is 2. The molecule has 32 heavy (non-hydrogen) atoms. The van der Waals surface area contributed by atoms with E-state index in [1.807, 2.05) is 68.4 Å². The van der Waals surface area contributed by atoms with Gasteiger partial charge in [-0.15, -0.1) is 0 Å². The topological polar surface area (TPSA) is 50.8 Å². The van der Waals surface area contributed by atoms with Crippen molar-refractivity contribution in [1.82, 2.24) is 0 Å². The highest BCUT2D eigenvalue weighted by Gasteiger charge is 2.23. The second-order valence-corrected chi connectivity index (χ2v) is 7.43. The normalized spacial score (nSPS) is 14.4. The van der Waals surface area contributed by atoms with E-state index >= 15 is 0 Å². The molecular formula is C27H32N2O3. The first kappa shape index (κ1) is 23.2. The number of likely N-dealkylation sites (N-methyl/N-ethyl adjacent to an activating group) is 1. The van der Waals surface area contributed by atoms with Gasteiger partial charge in [-0.05, 0) is 60.5 Å². The van der Waals surface area contributed by atoms with Gasteiger partial charge in [-0.2, -0.15) is 0 Å². The number of hydrogen-bond donors (Lipinski definition) is 1. The Bertz CT molecular complexity index is 1020. The monoisotopic (exact) mass is 432 g/mol. The standard InChI is InChI=1S/C25H26N2O3.C2H6/c1-3-18-7-6-8-20(15-18)26-25(28)19-11-13-21(14-12-19)29-17-22-16-27(2)23-9-4-5-10-24(23)30-22;1-2/h4-15,22H,3,16-17H2,1-2H3,(H,26,28);1-2H3. The van der Waals surface area contributed by atoms with Crippen LogP contribution in [0.3, 0.4) is 0 Å². The third kappa shape index (κ3) is 5.82. The maximum absolute atomic E-state index is 12.5. The van der Waals surface area contributed by atoms with Crippen molar-refractivity contribution in [3.05, 3.63) is 83.9 Å². The molecule has 0 aliphatic carbocycles. The first-order chi connectivity index (χ1) is 15.6. The zero-order valence-electron chi connectivity index (χ0n) is 19.3. The average molecular weight is 433 g/mol. The highest BCUT2D eigenvalue weighted by atomic mass is 16.5. The molecule has 168 valence electrons. The predicted octanol–water partition coefficient (Wildman–Crippen LogP) is 5.80. The number of nitrogens with zero attached hydrogens (tertiary/aromatic N) is 1. The van der Waals surface area contributed by atoms with Gasteiger partial charge in [0.25, 0.3) is 5.91 Å². The van der Waals surface area contributed by atoms with Crippen LogP contribution in [0, 0.1) is 0 Å². The van der Waals surface area contributed by atoms with Gasteiger partial charge in [0.2, 0.25) is 0 Å². The van der Waals surface area contributed by atoms with Crippen molar-refractivity contribution in [2.45, 2.75) is 33.3 Å². The molecule has 0 fully saturated rings. The van der Waals surface area contributed by atoms with Crippen molar-refractivity contribution in [1.29, 1.82) is 0 Å². The smallest absolute Gasteiger partial charge is 0.255 e. The summed E-state index contributed by atoms with van der Waals surface area (Å²) in [6.07, 6.45) is 0.876. The van der Waals surface area contributed by atoms with Crippen LogP contribution >= 0.6 is 0 Å². The van der Waals surface area contributed by atoms with Gasteiger partial charge in [-0.3, -0.25) is 4.79 Å². The molecule has 1 unspecified atom stereocenters. The van der Waals surface area contributed by atoms with Crippen LogP contribution in [-0.4, -0.2) is 32.2 Å². The summed E-state index contributed by atoms with van der Waals surface area (Å²) >= 11 is 0. The van der Waals surface area contributed by atoms with E-state index in [0.29, 0.717) is 17.9 Å². The van der Waals surface area contributed by atoms with E-state index in [2.05, 4.69) is 30.3 Å². The zero-order chi connectivity index (χ0) is 22.9. The average Bonchev–Trinajstić information content (AvgIpc) is 2.84. The quantitative estimate of drug-likeness (QED) is 0.535. The van der Waals surface area contributed by atoms with E-state index in [4.69, 9.17) is 9.47 Å². The van der Waals surface area contributed by atoms with Crippen LogP contribution in [0.5, 0.6) is 11.5 Å². The van der Waals surface area contributed by atoms with Crippen LogP contribution in [-0.2, 0) is 6.42 Å². The molecule has 5 nitrogen and oxygen atoms in total. The molecular weight excluding hydrogens is 400 g/mol. The number of rotatable bonds is 6. The van der Waals surface area contributed by atoms with Gasteiger partial charge in [0, 0.05) is 18.3 Å². The van der Waals surface area contributed by atoms with Crippen LogP contribution in [0.25, 0.3) is 0 Å². The molecule has 1 aliphatic rings. The molecule has 1 amide bonds. The molecule has 0 bridgehead atoms. The largest absolute Gasteiger partial charge is 0.490 e. The fraction of sp³-hybridized carbons (Fsp3) is 0.296. The summed E-state index contributed by atoms with van der Waals surface area (Å²) in [7, 11) is 2.05. The highest BCUT2D eigenvalue weighted by Crippen LogP contribution is 2.32. The van der Waals surface area contributed by atoms with E-state index < -0.39 is 0 Å². The van der Waals surface area contributed by atoms with Crippen molar-refractivity contribution in [2.24, 2.45) is 0 Å². The molecule has 0 radical (unpaired) electrons. The number of carbonyl (C=O) groups is 1. The van der Waals surface area contributed by atoms with Crippen molar-refractivity contribution >= 4 is 17.3 Å².